The van der Waals surface area contributed by atoms with Crippen molar-refractivity contribution in [2.24, 2.45) is 0 Å². The summed E-state index contributed by atoms with van der Waals surface area (Å²) in [6.07, 6.45) is 0. The van der Waals surface area contributed by atoms with Gasteiger partial charge in [0.15, 0.2) is 6.61 Å². The van der Waals surface area contributed by atoms with Crippen LogP contribution in [-0.4, -0.2) is 29.2 Å². The molecule has 0 N–H and O–H groups in total. The number of rotatable bonds is 5. The maximum absolute atomic E-state index is 12.0. The summed E-state index contributed by atoms with van der Waals surface area (Å²) < 4.78 is 15.2. The zero-order valence-electron chi connectivity index (χ0n) is 13.6. The number of benzene rings is 2. The Hall–Kier alpha value is -3.19. The third-order valence-corrected chi connectivity index (χ3v) is 3.68. The molecule has 3 rings (SSSR count). The Bertz CT molecular complexity index is 920. The van der Waals surface area contributed by atoms with E-state index < -0.39 is 11.9 Å². The predicted molar refractivity (Wildman–Crippen MR) is 91.6 cm³/mol. The SMILES string of the molecule is COC(=O)c1ccc(C(=O)OCc2nnc(-c3ccc(Cl)cc3)o2)cc1. The van der Waals surface area contributed by atoms with Crippen molar-refractivity contribution in [1.29, 1.82) is 0 Å². The van der Waals surface area contributed by atoms with Crippen LogP contribution in [-0.2, 0) is 16.1 Å². The lowest BCUT2D eigenvalue weighted by atomic mass is 10.1. The highest BCUT2D eigenvalue weighted by molar-refractivity contribution is 6.30. The average Bonchev–Trinajstić information content (AvgIpc) is 3.15. The van der Waals surface area contributed by atoms with Gasteiger partial charge in [-0.05, 0) is 48.5 Å². The molecule has 0 saturated carbocycles. The van der Waals surface area contributed by atoms with Crippen LogP contribution in [0, 0.1) is 0 Å². The molecule has 26 heavy (non-hydrogen) atoms. The van der Waals surface area contributed by atoms with Crippen molar-refractivity contribution in [2.75, 3.05) is 7.11 Å². The van der Waals surface area contributed by atoms with E-state index in [2.05, 4.69) is 14.9 Å². The molecule has 0 amide bonds. The zero-order valence-corrected chi connectivity index (χ0v) is 14.4. The molecule has 0 radical (unpaired) electrons. The van der Waals surface area contributed by atoms with Crippen LogP contribution >= 0.6 is 11.6 Å². The number of ether oxygens (including phenoxy) is 2. The van der Waals surface area contributed by atoms with Crippen molar-refractivity contribution < 1.29 is 23.5 Å². The molecule has 1 aromatic heterocycles. The minimum absolute atomic E-state index is 0.162. The van der Waals surface area contributed by atoms with Gasteiger partial charge < -0.3 is 13.9 Å². The van der Waals surface area contributed by atoms with E-state index in [4.69, 9.17) is 20.8 Å². The van der Waals surface area contributed by atoms with Crippen LogP contribution in [0.2, 0.25) is 5.02 Å². The number of carbonyl (C=O) groups is 2. The molecule has 0 atom stereocenters. The topological polar surface area (TPSA) is 91.5 Å². The first-order valence-electron chi connectivity index (χ1n) is 7.50. The maximum Gasteiger partial charge on any atom is 0.338 e. The molecular weight excluding hydrogens is 360 g/mol. The summed E-state index contributed by atoms with van der Waals surface area (Å²) in [7, 11) is 1.28. The van der Waals surface area contributed by atoms with Gasteiger partial charge in [-0.25, -0.2) is 9.59 Å². The third kappa shape index (κ3) is 4.07. The van der Waals surface area contributed by atoms with Gasteiger partial charge in [-0.1, -0.05) is 11.6 Å². The van der Waals surface area contributed by atoms with E-state index in [9.17, 15) is 9.59 Å². The van der Waals surface area contributed by atoms with Crippen molar-refractivity contribution in [3.63, 3.8) is 0 Å². The first-order valence-corrected chi connectivity index (χ1v) is 7.88. The Morgan fingerprint density at radius 2 is 1.58 bits per heavy atom. The molecule has 132 valence electrons. The fourth-order valence-corrected chi connectivity index (χ4v) is 2.22. The van der Waals surface area contributed by atoms with Gasteiger partial charge in [0, 0.05) is 10.6 Å². The van der Waals surface area contributed by atoms with Crippen LogP contribution in [0.1, 0.15) is 26.6 Å². The van der Waals surface area contributed by atoms with Crippen LogP contribution in [0.5, 0.6) is 0 Å². The van der Waals surface area contributed by atoms with E-state index in [1.807, 2.05) is 0 Å². The number of nitrogens with zero attached hydrogens (tertiary/aromatic N) is 2. The Balaban J connectivity index is 1.61. The number of aromatic nitrogens is 2. The first-order chi connectivity index (χ1) is 12.6. The summed E-state index contributed by atoms with van der Waals surface area (Å²) in [5.41, 5.74) is 1.33. The Kier molecular flexibility index (Phi) is 5.28. The van der Waals surface area contributed by atoms with Gasteiger partial charge in [0.05, 0.1) is 18.2 Å². The summed E-state index contributed by atoms with van der Waals surface area (Å²) in [6, 6.07) is 12.8. The summed E-state index contributed by atoms with van der Waals surface area (Å²) in [6.45, 7) is -0.168. The Labute approximate surface area is 153 Å². The van der Waals surface area contributed by atoms with E-state index in [1.54, 1.807) is 24.3 Å². The van der Waals surface area contributed by atoms with Crippen LogP contribution in [0.15, 0.2) is 52.9 Å². The summed E-state index contributed by atoms with van der Waals surface area (Å²) in [5.74, 6) is -0.595. The molecule has 2 aromatic carbocycles. The molecule has 0 spiro atoms. The second-order valence-corrected chi connectivity index (χ2v) is 5.59. The van der Waals surface area contributed by atoms with Crippen LogP contribution in [0.25, 0.3) is 11.5 Å². The zero-order chi connectivity index (χ0) is 18.5. The molecule has 1 heterocycles. The Morgan fingerprint density at radius 1 is 0.962 bits per heavy atom. The van der Waals surface area contributed by atoms with Gasteiger partial charge in [0.2, 0.25) is 5.89 Å². The minimum Gasteiger partial charge on any atom is -0.465 e. The van der Waals surface area contributed by atoms with Gasteiger partial charge in [0.1, 0.15) is 0 Å². The van der Waals surface area contributed by atoms with Gasteiger partial charge in [0.25, 0.3) is 5.89 Å². The quantitative estimate of drug-likeness (QED) is 0.632. The van der Waals surface area contributed by atoms with Crippen molar-refractivity contribution in [2.45, 2.75) is 6.61 Å². The maximum atomic E-state index is 12.0. The van der Waals surface area contributed by atoms with E-state index in [1.165, 1.54) is 31.4 Å². The normalized spacial score (nSPS) is 10.4. The number of carbonyl (C=O) groups excluding carboxylic acids is 2. The van der Waals surface area contributed by atoms with Gasteiger partial charge >= 0.3 is 11.9 Å². The molecule has 0 unspecified atom stereocenters. The summed E-state index contributed by atoms with van der Waals surface area (Å²) in [4.78, 5) is 23.4. The lowest BCUT2D eigenvalue weighted by molar-refractivity contribution is 0.0437. The number of halogens is 1. The van der Waals surface area contributed by atoms with E-state index in [0.717, 1.165) is 0 Å². The fourth-order valence-electron chi connectivity index (χ4n) is 2.09. The number of hydrogen-bond acceptors (Lipinski definition) is 7. The Morgan fingerprint density at radius 3 is 2.19 bits per heavy atom. The molecule has 0 fully saturated rings. The molecule has 8 heteroatoms. The second-order valence-electron chi connectivity index (χ2n) is 5.15. The van der Waals surface area contributed by atoms with Crippen molar-refractivity contribution in [3.8, 4) is 11.5 Å². The molecule has 0 saturated heterocycles. The fraction of sp³-hybridized carbons (Fsp3) is 0.111. The van der Waals surface area contributed by atoms with E-state index >= 15 is 0 Å². The second kappa shape index (κ2) is 7.79. The minimum atomic E-state index is -0.576. The largest absolute Gasteiger partial charge is 0.465 e. The smallest absolute Gasteiger partial charge is 0.338 e. The van der Waals surface area contributed by atoms with E-state index in [-0.39, 0.29) is 18.1 Å². The lowest BCUT2D eigenvalue weighted by Gasteiger charge is -2.03. The molecule has 7 nitrogen and oxygen atoms in total. The predicted octanol–water partition coefficient (Wildman–Crippen LogP) is 3.53. The van der Waals surface area contributed by atoms with Gasteiger partial charge in [-0.3, -0.25) is 0 Å². The van der Waals surface area contributed by atoms with E-state index in [0.29, 0.717) is 22.0 Å². The molecule has 0 bridgehead atoms. The van der Waals surface area contributed by atoms with Crippen molar-refractivity contribution >= 4 is 23.5 Å². The third-order valence-electron chi connectivity index (χ3n) is 3.43. The van der Waals surface area contributed by atoms with Gasteiger partial charge in [-0.15, -0.1) is 10.2 Å². The standard InChI is InChI=1S/C18H13ClN2O5/c1-24-17(22)12-2-4-13(5-3-12)18(23)25-10-15-20-21-16(26-15)11-6-8-14(19)9-7-11/h2-9H,10H2,1H3. The highest BCUT2D eigenvalue weighted by atomic mass is 35.5. The summed E-state index contributed by atoms with van der Waals surface area (Å²) >= 11 is 5.83. The van der Waals surface area contributed by atoms with Crippen LogP contribution in [0.4, 0.5) is 0 Å². The van der Waals surface area contributed by atoms with Gasteiger partial charge in [-0.2, -0.15) is 0 Å². The lowest BCUT2D eigenvalue weighted by Crippen LogP contribution is -2.07. The molecule has 0 aliphatic rings. The number of methoxy groups -OCH3 is 1. The number of hydrogen-bond donors (Lipinski definition) is 0. The highest BCUT2D eigenvalue weighted by Crippen LogP contribution is 2.20. The van der Waals surface area contributed by atoms with Crippen molar-refractivity contribution in [3.05, 3.63) is 70.6 Å². The summed E-state index contributed by atoms with van der Waals surface area (Å²) in [5, 5.41) is 8.34. The molecule has 0 aliphatic heterocycles. The monoisotopic (exact) mass is 372 g/mol. The molecule has 3 aromatic rings. The van der Waals surface area contributed by atoms with Crippen LogP contribution < -0.4 is 0 Å². The molecular formula is C18H13ClN2O5. The highest BCUT2D eigenvalue weighted by Gasteiger charge is 2.13. The van der Waals surface area contributed by atoms with Crippen molar-refractivity contribution in [1.82, 2.24) is 10.2 Å². The number of esters is 2. The molecule has 0 aliphatic carbocycles. The first kappa shape index (κ1) is 17.6. The van der Waals surface area contributed by atoms with Crippen LogP contribution in [0.3, 0.4) is 0 Å². The average molecular weight is 373 g/mol.